The lowest BCUT2D eigenvalue weighted by Crippen LogP contribution is -2.26. The Bertz CT molecular complexity index is 383. The van der Waals surface area contributed by atoms with Gasteiger partial charge in [0.1, 0.15) is 24.5 Å². The van der Waals surface area contributed by atoms with Gasteiger partial charge >= 0.3 is 17.9 Å². The Morgan fingerprint density at radius 2 is 1.71 bits per heavy atom. The number of halogens is 2. The molecule has 0 radical (unpaired) electrons. The van der Waals surface area contributed by atoms with E-state index < -0.39 is 24.0 Å². The Morgan fingerprint density at radius 1 is 1.10 bits per heavy atom. The third-order valence-electron chi connectivity index (χ3n) is 2.20. The second kappa shape index (κ2) is 11.4. The van der Waals surface area contributed by atoms with Crippen molar-refractivity contribution in [2.45, 2.75) is 25.9 Å². The van der Waals surface area contributed by atoms with Gasteiger partial charge in [0.05, 0.1) is 6.61 Å². The van der Waals surface area contributed by atoms with Crippen LogP contribution in [-0.2, 0) is 28.6 Å². The van der Waals surface area contributed by atoms with Gasteiger partial charge in [-0.25, -0.2) is 4.79 Å². The van der Waals surface area contributed by atoms with Gasteiger partial charge in [-0.1, -0.05) is 6.58 Å². The van der Waals surface area contributed by atoms with Crippen LogP contribution >= 0.6 is 23.2 Å². The summed E-state index contributed by atoms with van der Waals surface area (Å²) in [5, 5.41) is 0. The largest absolute Gasteiger partial charge is 0.465 e. The fourth-order valence-corrected chi connectivity index (χ4v) is 1.36. The molecule has 0 aliphatic heterocycles. The molecule has 0 aromatic carbocycles. The van der Waals surface area contributed by atoms with Gasteiger partial charge < -0.3 is 14.2 Å². The van der Waals surface area contributed by atoms with Crippen molar-refractivity contribution in [1.29, 1.82) is 0 Å². The number of alkyl halides is 2. The molecule has 8 heteroatoms. The third-order valence-corrected chi connectivity index (χ3v) is 2.64. The molecule has 0 aromatic rings. The zero-order valence-corrected chi connectivity index (χ0v) is 13.2. The summed E-state index contributed by atoms with van der Waals surface area (Å²) in [7, 11) is 0. The van der Waals surface area contributed by atoms with E-state index in [9.17, 15) is 14.4 Å². The van der Waals surface area contributed by atoms with Gasteiger partial charge in [-0.15, -0.1) is 23.2 Å². The maximum absolute atomic E-state index is 11.3. The lowest BCUT2D eigenvalue weighted by atomic mass is 10.2. The van der Waals surface area contributed by atoms with Crippen molar-refractivity contribution in [1.82, 2.24) is 0 Å². The first kappa shape index (κ1) is 19.7. The van der Waals surface area contributed by atoms with Crippen molar-refractivity contribution >= 4 is 41.1 Å². The summed E-state index contributed by atoms with van der Waals surface area (Å²) in [5.41, 5.74) is 0.244. The normalized spacial score (nSPS) is 11.4. The Kier molecular flexibility index (Phi) is 10.7. The lowest BCUT2D eigenvalue weighted by Gasteiger charge is -2.17. The van der Waals surface area contributed by atoms with Crippen LogP contribution in [0.5, 0.6) is 0 Å². The fraction of sp³-hybridized carbons (Fsp3) is 0.615. The molecule has 0 bridgehead atoms. The topological polar surface area (TPSA) is 78.9 Å². The summed E-state index contributed by atoms with van der Waals surface area (Å²) in [4.78, 5) is 33.3. The number of hydrogen-bond acceptors (Lipinski definition) is 6. The van der Waals surface area contributed by atoms with Crippen LogP contribution in [0.25, 0.3) is 0 Å². The van der Waals surface area contributed by atoms with Gasteiger partial charge in [0.15, 0.2) is 0 Å². The van der Waals surface area contributed by atoms with Gasteiger partial charge in [0.2, 0.25) is 0 Å². The van der Waals surface area contributed by atoms with Crippen molar-refractivity contribution < 1.29 is 28.6 Å². The van der Waals surface area contributed by atoms with Crippen molar-refractivity contribution in [2.24, 2.45) is 0 Å². The minimum absolute atomic E-state index is 0.113. The van der Waals surface area contributed by atoms with Crippen molar-refractivity contribution in [2.75, 3.05) is 25.0 Å². The number of esters is 3. The van der Waals surface area contributed by atoms with E-state index in [1.54, 1.807) is 0 Å². The van der Waals surface area contributed by atoms with Crippen molar-refractivity contribution in [3.8, 4) is 0 Å². The van der Waals surface area contributed by atoms with E-state index in [0.717, 1.165) is 0 Å². The predicted octanol–water partition coefficient (Wildman–Crippen LogP) is 1.82. The summed E-state index contributed by atoms with van der Waals surface area (Å²) in [6, 6.07) is 0. The molecule has 0 aromatic heterocycles. The van der Waals surface area contributed by atoms with Crippen LogP contribution in [0.1, 0.15) is 19.8 Å². The van der Waals surface area contributed by atoms with Crippen LogP contribution in [0.3, 0.4) is 0 Å². The summed E-state index contributed by atoms with van der Waals surface area (Å²) < 4.78 is 14.7. The SMILES string of the molecule is C=C(C)C(=O)OCC(CCCOC(=O)CCl)OC(=O)CCl. The second-order valence-corrected chi connectivity index (χ2v) is 4.66. The van der Waals surface area contributed by atoms with Gasteiger partial charge in [-0.05, 0) is 19.8 Å². The van der Waals surface area contributed by atoms with Gasteiger partial charge in [-0.3, -0.25) is 9.59 Å². The zero-order chi connectivity index (χ0) is 16.3. The molecular formula is C13H18Cl2O6. The van der Waals surface area contributed by atoms with Crippen LogP contribution in [0.15, 0.2) is 12.2 Å². The summed E-state index contributed by atoms with van der Waals surface area (Å²) in [5.74, 6) is -2.24. The quantitative estimate of drug-likeness (QED) is 0.198. The van der Waals surface area contributed by atoms with Gasteiger partial charge in [-0.2, -0.15) is 0 Å². The average Bonchev–Trinajstić information content (AvgIpc) is 2.47. The van der Waals surface area contributed by atoms with Gasteiger partial charge in [0, 0.05) is 5.57 Å². The Labute approximate surface area is 133 Å². The molecule has 1 unspecified atom stereocenters. The highest BCUT2D eigenvalue weighted by molar-refractivity contribution is 6.26. The molecule has 120 valence electrons. The molecule has 21 heavy (non-hydrogen) atoms. The zero-order valence-electron chi connectivity index (χ0n) is 11.7. The Morgan fingerprint density at radius 3 is 2.24 bits per heavy atom. The molecule has 0 aliphatic carbocycles. The van der Waals surface area contributed by atoms with E-state index in [1.165, 1.54) is 6.92 Å². The van der Waals surface area contributed by atoms with Crippen LogP contribution in [0.2, 0.25) is 0 Å². The van der Waals surface area contributed by atoms with Crippen LogP contribution in [0, 0.1) is 0 Å². The molecule has 1 atom stereocenters. The average molecular weight is 341 g/mol. The highest BCUT2D eigenvalue weighted by Gasteiger charge is 2.17. The second-order valence-electron chi connectivity index (χ2n) is 4.12. The Hall–Kier alpha value is -1.27. The van der Waals surface area contributed by atoms with E-state index in [-0.39, 0.29) is 30.5 Å². The molecule has 0 spiro atoms. The molecule has 0 aliphatic rings. The van der Waals surface area contributed by atoms with Crippen molar-refractivity contribution in [3.05, 3.63) is 12.2 Å². The highest BCUT2D eigenvalue weighted by Crippen LogP contribution is 2.07. The van der Waals surface area contributed by atoms with E-state index in [1.807, 2.05) is 0 Å². The van der Waals surface area contributed by atoms with E-state index >= 15 is 0 Å². The van der Waals surface area contributed by atoms with E-state index in [0.29, 0.717) is 12.8 Å². The highest BCUT2D eigenvalue weighted by atomic mass is 35.5. The van der Waals surface area contributed by atoms with Crippen LogP contribution < -0.4 is 0 Å². The number of carbonyl (C=O) groups excluding carboxylic acids is 3. The van der Waals surface area contributed by atoms with Crippen molar-refractivity contribution in [3.63, 3.8) is 0 Å². The first-order valence-corrected chi connectivity index (χ1v) is 7.27. The number of carbonyl (C=O) groups is 3. The summed E-state index contributed by atoms with van der Waals surface area (Å²) in [6.45, 7) is 4.97. The maximum atomic E-state index is 11.3. The molecule has 0 N–H and O–H groups in total. The smallest absolute Gasteiger partial charge is 0.333 e. The lowest BCUT2D eigenvalue weighted by molar-refractivity contribution is -0.156. The Balaban J connectivity index is 4.19. The summed E-state index contributed by atoms with van der Waals surface area (Å²) in [6.07, 6.45) is 0.115. The molecule has 0 saturated heterocycles. The van der Waals surface area contributed by atoms with Crippen LogP contribution in [0.4, 0.5) is 0 Å². The minimum Gasteiger partial charge on any atom is -0.465 e. The first-order chi connectivity index (χ1) is 9.90. The van der Waals surface area contributed by atoms with E-state index in [2.05, 4.69) is 6.58 Å². The molecule has 0 saturated carbocycles. The predicted molar refractivity (Wildman–Crippen MR) is 77.3 cm³/mol. The molecule has 0 heterocycles. The molecule has 0 rings (SSSR count). The molecule has 0 amide bonds. The monoisotopic (exact) mass is 340 g/mol. The maximum Gasteiger partial charge on any atom is 0.333 e. The molecular weight excluding hydrogens is 323 g/mol. The third kappa shape index (κ3) is 10.1. The number of ether oxygens (including phenoxy) is 3. The molecule has 6 nitrogen and oxygen atoms in total. The van der Waals surface area contributed by atoms with Gasteiger partial charge in [0.25, 0.3) is 0 Å². The fourth-order valence-electron chi connectivity index (χ4n) is 1.22. The molecule has 0 fully saturated rings. The standard InChI is InChI=1S/C13H18Cl2O6/c1-9(2)13(18)20-8-10(21-12(17)7-15)4-3-5-19-11(16)6-14/h10H,1,3-8H2,2H3. The van der Waals surface area contributed by atoms with Crippen LogP contribution in [-0.4, -0.2) is 49.0 Å². The minimum atomic E-state index is -0.658. The summed E-state index contributed by atoms with van der Waals surface area (Å²) >= 11 is 10.6. The number of rotatable bonds is 10. The number of hydrogen-bond donors (Lipinski definition) is 0. The van der Waals surface area contributed by atoms with E-state index in [4.69, 9.17) is 37.4 Å². The first-order valence-electron chi connectivity index (χ1n) is 6.20.